The highest BCUT2D eigenvalue weighted by Gasteiger charge is 2.34. The molecule has 0 aromatic rings. The second-order valence-electron chi connectivity index (χ2n) is 4.05. The summed E-state index contributed by atoms with van der Waals surface area (Å²) in [7, 11) is 1.68. The molecule has 1 fully saturated rings. The zero-order chi connectivity index (χ0) is 10.6. The average molecular weight is 200 g/mol. The van der Waals surface area contributed by atoms with Gasteiger partial charge in [-0.25, -0.2) is 0 Å². The molecule has 14 heavy (non-hydrogen) atoms. The lowest BCUT2D eigenvalue weighted by Gasteiger charge is -2.32. The average Bonchev–Trinajstić information content (AvgIpc) is 2.17. The van der Waals surface area contributed by atoms with Gasteiger partial charge in [0, 0.05) is 7.11 Å². The van der Waals surface area contributed by atoms with Crippen LogP contribution in [0.15, 0.2) is 0 Å². The van der Waals surface area contributed by atoms with Crippen molar-refractivity contribution in [2.45, 2.75) is 39.2 Å². The van der Waals surface area contributed by atoms with Gasteiger partial charge in [-0.3, -0.25) is 4.79 Å². The van der Waals surface area contributed by atoms with Crippen molar-refractivity contribution in [2.24, 2.45) is 11.8 Å². The molecule has 1 saturated carbocycles. The molecule has 0 aromatic heterocycles. The summed E-state index contributed by atoms with van der Waals surface area (Å²) in [6.07, 6.45) is 3.03. The van der Waals surface area contributed by atoms with Crippen LogP contribution in [0.25, 0.3) is 0 Å². The molecule has 0 N–H and O–H groups in total. The number of carbonyl (C=O) groups is 1. The smallest absolute Gasteiger partial charge is 0.311 e. The Kier molecular flexibility index (Phi) is 4.39. The topological polar surface area (TPSA) is 35.5 Å². The fraction of sp³-hybridized carbons (Fsp3) is 0.909. The van der Waals surface area contributed by atoms with E-state index in [1.807, 2.05) is 6.92 Å². The molecule has 0 bridgehead atoms. The first-order chi connectivity index (χ1) is 6.69. The molecule has 0 unspecified atom stereocenters. The predicted octanol–water partition coefficient (Wildman–Crippen LogP) is 2.00. The molecular weight excluding hydrogens is 180 g/mol. The zero-order valence-corrected chi connectivity index (χ0v) is 9.29. The van der Waals surface area contributed by atoms with E-state index < -0.39 is 0 Å². The monoisotopic (exact) mass is 200 g/mol. The molecule has 0 spiro atoms. The lowest BCUT2D eigenvalue weighted by Crippen LogP contribution is -2.36. The van der Waals surface area contributed by atoms with E-state index in [1.54, 1.807) is 7.11 Å². The first kappa shape index (κ1) is 11.5. The normalized spacial score (nSPS) is 32.6. The van der Waals surface area contributed by atoms with Gasteiger partial charge < -0.3 is 9.47 Å². The summed E-state index contributed by atoms with van der Waals surface area (Å²) < 4.78 is 10.4. The fourth-order valence-corrected chi connectivity index (χ4v) is 2.11. The maximum atomic E-state index is 11.6. The minimum atomic E-state index is -0.0914. The zero-order valence-electron chi connectivity index (χ0n) is 9.29. The number of hydrogen-bond acceptors (Lipinski definition) is 3. The van der Waals surface area contributed by atoms with Crippen LogP contribution in [0.3, 0.4) is 0 Å². The molecule has 1 aliphatic rings. The van der Waals surface area contributed by atoms with Gasteiger partial charge in [-0.2, -0.15) is 0 Å². The lowest BCUT2D eigenvalue weighted by molar-refractivity contribution is -0.155. The van der Waals surface area contributed by atoms with Crippen LogP contribution in [0.2, 0.25) is 0 Å². The van der Waals surface area contributed by atoms with Crippen molar-refractivity contribution in [3.8, 4) is 0 Å². The van der Waals surface area contributed by atoms with Crippen LogP contribution in [-0.4, -0.2) is 25.8 Å². The highest BCUT2D eigenvalue weighted by molar-refractivity contribution is 5.73. The van der Waals surface area contributed by atoms with E-state index in [4.69, 9.17) is 9.47 Å². The van der Waals surface area contributed by atoms with Crippen molar-refractivity contribution in [1.82, 2.24) is 0 Å². The Morgan fingerprint density at radius 3 is 2.71 bits per heavy atom. The Balaban J connectivity index is 2.53. The molecule has 0 radical (unpaired) electrons. The molecule has 1 rings (SSSR count). The minimum absolute atomic E-state index is 0.0452. The molecular formula is C11H20O3. The van der Waals surface area contributed by atoms with Crippen molar-refractivity contribution in [3.05, 3.63) is 0 Å². The summed E-state index contributed by atoms with van der Waals surface area (Å²) in [5.41, 5.74) is 0. The van der Waals surface area contributed by atoms with E-state index in [1.165, 1.54) is 0 Å². The highest BCUT2D eigenvalue weighted by atomic mass is 16.5. The number of methoxy groups -OCH3 is 1. The molecule has 0 amide bonds. The molecule has 0 heterocycles. The Hall–Kier alpha value is -0.570. The van der Waals surface area contributed by atoms with Crippen LogP contribution < -0.4 is 0 Å². The SMILES string of the molecule is CCOC(=O)[C@H]1CC[C@H](C)C[C@@H]1OC. The third-order valence-corrected chi connectivity index (χ3v) is 2.95. The second kappa shape index (κ2) is 5.35. The van der Waals surface area contributed by atoms with Gasteiger partial charge >= 0.3 is 5.97 Å². The number of ether oxygens (including phenoxy) is 2. The van der Waals surface area contributed by atoms with Crippen molar-refractivity contribution in [1.29, 1.82) is 0 Å². The number of carbonyl (C=O) groups excluding carboxylic acids is 1. The molecule has 3 nitrogen and oxygen atoms in total. The molecule has 0 saturated heterocycles. The van der Waals surface area contributed by atoms with E-state index in [0.29, 0.717) is 12.5 Å². The van der Waals surface area contributed by atoms with Gasteiger partial charge in [0.25, 0.3) is 0 Å². The summed E-state index contributed by atoms with van der Waals surface area (Å²) >= 11 is 0. The maximum absolute atomic E-state index is 11.6. The van der Waals surface area contributed by atoms with E-state index in [-0.39, 0.29) is 18.0 Å². The number of rotatable bonds is 3. The quantitative estimate of drug-likeness (QED) is 0.654. The van der Waals surface area contributed by atoms with Gasteiger partial charge in [-0.15, -0.1) is 0 Å². The number of hydrogen-bond donors (Lipinski definition) is 0. The first-order valence-electron chi connectivity index (χ1n) is 5.38. The molecule has 0 aromatic carbocycles. The van der Waals surface area contributed by atoms with Gasteiger partial charge in [-0.1, -0.05) is 6.92 Å². The Labute approximate surface area is 85.8 Å². The molecule has 3 heteroatoms. The first-order valence-corrected chi connectivity index (χ1v) is 5.38. The van der Waals surface area contributed by atoms with Crippen molar-refractivity contribution < 1.29 is 14.3 Å². The van der Waals surface area contributed by atoms with Gasteiger partial charge in [0.15, 0.2) is 0 Å². The summed E-state index contributed by atoms with van der Waals surface area (Å²) in [6, 6.07) is 0. The van der Waals surface area contributed by atoms with E-state index in [9.17, 15) is 4.79 Å². The Morgan fingerprint density at radius 1 is 1.43 bits per heavy atom. The Bertz CT molecular complexity index is 191. The van der Waals surface area contributed by atoms with Crippen LogP contribution in [0.1, 0.15) is 33.1 Å². The fourth-order valence-electron chi connectivity index (χ4n) is 2.11. The number of esters is 1. The third kappa shape index (κ3) is 2.71. The predicted molar refractivity (Wildman–Crippen MR) is 53.9 cm³/mol. The van der Waals surface area contributed by atoms with Crippen LogP contribution in [0.5, 0.6) is 0 Å². The van der Waals surface area contributed by atoms with E-state index >= 15 is 0 Å². The van der Waals surface area contributed by atoms with Gasteiger partial charge in [0.1, 0.15) is 0 Å². The van der Waals surface area contributed by atoms with Crippen molar-refractivity contribution >= 4 is 5.97 Å². The second-order valence-corrected chi connectivity index (χ2v) is 4.05. The lowest BCUT2D eigenvalue weighted by atomic mass is 9.80. The molecule has 82 valence electrons. The summed E-state index contributed by atoms with van der Waals surface area (Å²) in [4.78, 5) is 11.6. The molecule has 3 atom stereocenters. The van der Waals surface area contributed by atoms with Crippen LogP contribution >= 0.6 is 0 Å². The molecule has 0 aliphatic heterocycles. The standard InChI is InChI=1S/C11H20O3/c1-4-14-11(12)9-6-5-8(2)7-10(9)13-3/h8-10H,4-7H2,1-3H3/t8-,9-,10-/m0/s1. The van der Waals surface area contributed by atoms with Gasteiger partial charge in [0.05, 0.1) is 18.6 Å². The largest absolute Gasteiger partial charge is 0.466 e. The Morgan fingerprint density at radius 2 is 2.14 bits per heavy atom. The van der Waals surface area contributed by atoms with Gasteiger partial charge in [0.2, 0.25) is 0 Å². The van der Waals surface area contributed by atoms with Crippen LogP contribution in [-0.2, 0) is 14.3 Å². The van der Waals surface area contributed by atoms with E-state index in [0.717, 1.165) is 19.3 Å². The summed E-state index contributed by atoms with van der Waals surface area (Å²) in [5, 5.41) is 0. The maximum Gasteiger partial charge on any atom is 0.311 e. The van der Waals surface area contributed by atoms with Gasteiger partial charge in [-0.05, 0) is 32.1 Å². The van der Waals surface area contributed by atoms with Crippen molar-refractivity contribution in [3.63, 3.8) is 0 Å². The highest BCUT2D eigenvalue weighted by Crippen LogP contribution is 2.31. The summed E-state index contributed by atoms with van der Waals surface area (Å²) in [6.45, 7) is 4.50. The minimum Gasteiger partial charge on any atom is -0.466 e. The van der Waals surface area contributed by atoms with E-state index in [2.05, 4.69) is 6.92 Å². The van der Waals surface area contributed by atoms with Crippen LogP contribution in [0, 0.1) is 11.8 Å². The third-order valence-electron chi connectivity index (χ3n) is 2.95. The van der Waals surface area contributed by atoms with Crippen molar-refractivity contribution in [2.75, 3.05) is 13.7 Å². The molecule has 1 aliphatic carbocycles. The summed E-state index contributed by atoms with van der Waals surface area (Å²) in [5.74, 6) is 0.521. The van der Waals surface area contributed by atoms with Crippen LogP contribution in [0.4, 0.5) is 0 Å².